The van der Waals surface area contributed by atoms with Crippen molar-refractivity contribution in [3.05, 3.63) is 35.1 Å². The van der Waals surface area contributed by atoms with E-state index in [1.165, 1.54) is 6.07 Å². The van der Waals surface area contributed by atoms with E-state index in [-0.39, 0.29) is 30.2 Å². The number of amides is 1. The van der Waals surface area contributed by atoms with Gasteiger partial charge < -0.3 is 10.6 Å². The Morgan fingerprint density at radius 2 is 2.33 bits per heavy atom. The van der Waals surface area contributed by atoms with Crippen molar-refractivity contribution < 1.29 is 9.18 Å². The van der Waals surface area contributed by atoms with Gasteiger partial charge in [0.15, 0.2) is 0 Å². The number of hydrogen-bond acceptors (Lipinski definition) is 2. The van der Waals surface area contributed by atoms with Crippen LogP contribution in [-0.4, -0.2) is 18.5 Å². The molecule has 1 aliphatic heterocycles. The molecule has 0 bridgehead atoms. The van der Waals surface area contributed by atoms with Crippen molar-refractivity contribution in [3.8, 4) is 0 Å². The van der Waals surface area contributed by atoms with E-state index in [1.807, 2.05) is 6.07 Å². The molecule has 1 aromatic carbocycles. The Kier molecular flexibility index (Phi) is 5.56. The smallest absolute Gasteiger partial charge is 0.237 e. The van der Waals surface area contributed by atoms with Gasteiger partial charge in [-0.3, -0.25) is 4.79 Å². The van der Waals surface area contributed by atoms with Gasteiger partial charge >= 0.3 is 0 Å². The second-order valence-corrected chi connectivity index (χ2v) is 4.45. The lowest BCUT2D eigenvalue weighted by Gasteiger charge is -2.11. The summed E-state index contributed by atoms with van der Waals surface area (Å²) in [6.07, 6.45) is 1.92. The third-order valence-electron chi connectivity index (χ3n) is 3.08. The Hall–Kier alpha value is -1.13. The average Bonchev–Trinajstić information content (AvgIpc) is 2.84. The summed E-state index contributed by atoms with van der Waals surface area (Å²) >= 11 is 0. The van der Waals surface area contributed by atoms with Crippen molar-refractivity contribution in [1.82, 2.24) is 10.6 Å². The molecule has 3 nitrogen and oxygen atoms in total. The summed E-state index contributed by atoms with van der Waals surface area (Å²) in [5.41, 5.74) is 1.41. The highest BCUT2D eigenvalue weighted by Crippen LogP contribution is 2.09. The van der Waals surface area contributed by atoms with Crippen LogP contribution in [0.3, 0.4) is 0 Å². The fraction of sp³-hybridized carbons (Fsp3) is 0.462. The van der Waals surface area contributed by atoms with Gasteiger partial charge in [0.1, 0.15) is 5.82 Å². The average molecular weight is 273 g/mol. The third-order valence-corrected chi connectivity index (χ3v) is 3.08. The van der Waals surface area contributed by atoms with Crippen LogP contribution in [0.25, 0.3) is 0 Å². The van der Waals surface area contributed by atoms with Crippen LogP contribution in [0.15, 0.2) is 18.2 Å². The first-order valence-corrected chi connectivity index (χ1v) is 5.93. The first-order chi connectivity index (χ1) is 8.16. The standard InChI is InChI=1S/C13H17FN2O.ClH/c1-9-4-5-10(7-11(9)14)8-16-13(17)12-3-2-6-15-12;/h4-5,7,12,15H,2-3,6,8H2,1H3,(H,16,17);1H/t12-;/m0./s1. The quantitative estimate of drug-likeness (QED) is 0.883. The van der Waals surface area contributed by atoms with Crippen molar-refractivity contribution in [3.63, 3.8) is 0 Å². The summed E-state index contributed by atoms with van der Waals surface area (Å²) in [4.78, 5) is 11.7. The van der Waals surface area contributed by atoms with E-state index in [9.17, 15) is 9.18 Å². The molecule has 0 spiro atoms. The van der Waals surface area contributed by atoms with Gasteiger partial charge in [-0.05, 0) is 43.5 Å². The molecule has 0 saturated carbocycles. The number of carbonyl (C=O) groups is 1. The van der Waals surface area contributed by atoms with Crippen LogP contribution in [0.5, 0.6) is 0 Å². The van der Waals surface area contributed by atoms with Crippen LogP contribution in [-0.2, 0) is 11.3 Å². The van der Waals surface area contributed by atoms with Crippen LogP contribution in [0.4, 0.5) is 4.39 Å². The normalized spacial score (nSPS) is 18.2. The summed E-state index contributed by atoms with van der Waals surface area (Å²) in [6.45, 7) is 3.01. The number of aryl methyl sites for hydroxylation is 1. The molecule has 0 unspecified atom stereocenters. The number of carbonyl (C=O) groups excluding carboxylic acids is 1. The highest BCUT2D eigenvalue weighted by Gasteiger charge is 2.21. The summed E-state index contributed by atoms with van der Waals surface area (Å²) in [5, 5.41) is 5.95. The zero-order valence-electron chi connectivity index (χ0n) is 10.3. The Labute approximate surface area is 113 Å². The van der Waals surface area contributed by atoms with Crippen molar-refractivity contribution in [2.75, 3.05) is 6.54 Å². The SMILES string of the molecule is Cc1ccc(CNC(=O)[C@@H]2CCCN2)cc1F.Cl. The summed E-state index contributed by atoms with van der Waals surface area (Å²) in [6, 6.07) is 4.95. The largest absolute Gasteiger partial charge is 0.351 e. The molecular formula is C13H18ClFN2O. The first-order valence-electron chi connectivity index (χ1n) is 5.93. The molecule has 1 aliphatic rings. The lowest BCUT2D eigenvalue weighted by Crippen LogP contribution is -2.40. The zero-order chi connectivity index (χ0) is 12.3. The van der Waals surface area contributed by atoms with Gasteiger partial charge in [-0.15, -0.1) is 12.4 Å². The van der Waals surface area contributed by atoms with Crippen molar-refractivity contribution >= 4 is 18.3 Å². The second kappa shape index (κ2) is 6.71. The molecule has 5 heteroatoms. The molecule has 100 valence electrons. The van der Waals surface area contributed by atoms with E-state index in [1.54, 1.807) is 13.0 Å². The van der Waals surface area contributed by atoms with E-state index in [0.29, 0.717) is 12.1 Å². The molecule has 1 amide bonds. The van der Waals surface area contributed by atoms with Gasteiger partial charge in [-0.25, -0.2) is 4.39 Å². The van der Waals surface area contributed by atoms with Crippen LogP contribution in [0, 0.1) is 12.7 Å². The van der Waals surface area contributed by atoms with Crippen LogP contribution in [0.1, 0.15) is 24.0 Å². The van der Waals surface area contributed by atoms with Gasteiger partial charge in [0.25, 0.3) is 0 Å². The maximum atomic E-state index is 13.3. The summed E-state index contributed by atoms with van der Waals surface area (Å²) in [7, 11) is 0. The molecule has 18 heavy (non-hydrogen) atoms. The minimum Gasteiger partial charge on any atom is -0.351 e. The summed E-state index contributed by atoms with van der Waals surface area (Å²) in [5.74, 6) is -0.223. The predicted molar refractivity (Wildman–Crippen MR) is 71.3 cm³/mol. The van der Waals surface area contributed by atoms with Crippen LogP contribution < -0.4 is 10.6 Å². The molecule has 2 N–H and O–H groups in total. The molecule has 1 atom stereocenters. The molecule has 1 heterocycles. The number of hydrogen-bond donors (Lipinski definition) is 2. The van der Waals surface area contributed by atoms with E-state index in [2.05, 4.69) is 10.6 Å². The fourth-order valence-electron chi connectivity index (χ4n) is 1.97. The maximum Gasteiger partial charge on any atom is 0.237 e. The Morgan fingerprint density at radius 3 is 2.94 bits per heavy atom. The van der Waals surface area contributed by atoms with Gasteiger partial charge in [0.2, 0.25) is 5.91 Å². The molecule has 1 aromatic rings. The van der Waals surface area contributed by atoms with E-state index in [0.717, 1.165) is 24.9 Å². The van der Waals surface area contributed by atoms with Crippen LogP contribution in [0.2, 0.25) is 0 Å². The Bertz CT molecular complexity index is 419. The number of halogens is 2. The highest BCUT2D eigenvalue weighted by molar-refractivity contribution is 5.85. The van der Waals surface area contributed by atoms with Gasteiger partial charge in [0, 0.05) is 6.54 Å². The van der Waals surface area contributed by atoms with Crippen molar-refractivity contribution in [2.24, 2.45) is 0 Å². The van der Waals surface area contributed by atoms with E-state index in [4.69, 9.17) is 0 Å². The minimum atomic E-state index is -0.226. The molecule has 1 fully saturated rings. The maximum absolute atomic E-state index is 13.3. The zero-order valence-corrected chi connectivity index (χ0v) is 11.1. The Morgan fingerprint density at radius 1 is 1.56 bits per heavy atom. The minimum absolute atomic E-state index is 0. The monoisotopic (exact) mass is 272 g/mol. The number of benzene rings is 1. The topological polar surface area (TPSA) is 41.1 Å². The van der Waals surface area contributed by atoms with E-state index >= 15 is 0 Å². The highest BCUT2D eigenvalue weighted by atomic mass is 35.5. The molecule has 0 radical (unpaired) electrons. The lowest BCUT2D eigenvalue weighted by molar-refractivity contribution is -0.122. The molecule has 1 saturated heterocycles. The lowest BCUT2D eigenvalue weighted by atomic mass is 10.1. The summed E-state index contributed by atoms with van der Waals surface area (Å²) < 4.78 is 13.3. The van der Waals surface area contributed by atoms with Gasteiger partial charge in [-0.2, -0.15) is 0 Å². The molecule has 0 aliphatic carbocycles. The third kappa shape index (κ3) is 3.68. The van der Waals surface area contributed by atoms with Gasteiger partial charge in [0.05, 0.1) is 6.04 Å². The van der Waals surface area contributed by atoms with Crippen molar-refractivity contribution in [1.29, 1.82) is 0 Å². The van der Waals surface area contributed by atoms with Gasteiger partial charge in [-0.1, -0.05) is 12.1 Å². The number of rotatable bonds is 3. The molecular weight excluding hydrogens is 255 g/mol. The molecule has 2 rings (SSSR count). The first kappa shape index (κ1) is 14.9. The molecule has 0 aromatic heterocycles. The predicted octanol–water partition coefficient (Wildman–Crippen LogP) is 1.92. The number of nitrogens with one attached hydrogen (secondary N) is 2. The second-order valence-electron chi connectivity index (χ2n) is 4.45. The van der Waals surface area contributed by atoms with Crippen molar-refractivity contribution in [2.45, 2.75) is 32.4 Å². The fourth-order valence-corrected chi connectivity index (χ4v) is 1.97. The Balaban J connectivity index is 0.00000162. The van der Waals surface area contributed by atoms with Crippen LogP contribution >= 0.6 is 12.4 Å². The van der Waals surface area contributed by atoms with E-state index < -0.39 is 0 Å².